The van der Waals surface area contributed by atoms with E-state index in [1.807, 2.05) is 104 Å². The van der Waals surface area contributed by atoms with E-state index >= 15 is 0 Å². The van der Waals surface area contributed by atoms with Crippen LogP contribution < -0.4 is 15.4 Å². The van der Waals surface area contributed by atoms with Gasteiger partial charge in [0.1, 0.15) is 18.1 Å². The summed E-state index contributed by atoms with van der Waals surface area (Å²) in [6.07, 6.45) is 0.0825. The molecule has 0 saturated carbocycles. The Balaban J connectivity index is 0.977. The summed E-state index contributed by atoms with van der Waals surface area (Å²) in [5.74, 6) is 0.754. The molecule has 1 spiro atoms. The molecule has 6 aromatic rings. The molecule has 1 aliphatic carbocycles. The first-order valence-electron chi connectivity index (χ1n) is 17.6. The number of hydrogen-bond donors (Lipinski definition) is 2. The molecule has 2 aliphatic heterocycles. The van der Waals surface area contributed by atoms with Crippen LogP contribution in [0.1, 0.15) is 51.8 Å². The van der Waals surface area contributed by atoms with E-state index in [1.165, 1.54) is 11.1 Å². The summed E-state index contributed by atoms with van der Waals surface area (Å²) in [4.78, 5) is 26.5. The fourth-order valence-corrected chi connectivity index (χ4v) is 7.99. The summed E-state index contributed by atoms with van der Waals surface area (Å²) in [6.45, 7) is 2.57. The summed E-state index contributed by atoms with van der Waals surface area (Å²) < 4.78 is 19.1. The third kappa shape index (κ3) is 5.41. The SMILES string of the molecule is CC(Cc1ccccc1)C(=O)Nc1ccc2c(c1)Oc1cc(NC(=O)OCC3c4ccccc4-c4ccccc43)ccc1C21OCc2ccccc21. The lowest BCUT2D eigenvalue weighted by atomic mass is 9.77. The monoisotopic (exact) mass is 684 g/mol. The van der Waals surface area contributed by atoms with Gasteiger partial charge in [0.15, 0.2) is 5.60 Å². The van der Waals surface area contributed by atoms with Crippen LogP contribution in [0.4, 0.5) is 16.2 Å². The van der Waals surface area contributed by atoms with E-state index in [0.717, 1.165) is 38.9 Å². The van der Waals surface area contributed by atoms with Crippen LogP contribution in [0.3, 0.4) is 0 Å². The number of nitrogens with one attached hydrogen (secondary N) is 2. The molecule has 2 atom stereocenters. The minimum absolute atomic E-state index is 0.0445. The van der Waals surface area contributed by atoms with Crippen molar-refractivity contribution in [3.8, 4) is 22.6 Å². The van der Waals surface area contributed by atoms with Crippen molar-refractivity contribution in [3.05, 3.63) is 178 Å². The van der Waals surface area contributed by atoms with Gasteiger partial charge in [0.25, 0.3) is 0 Å². The second kappa shape index (κ2) is 12.9. The van der Waals surface area contributed by atoms with Crippen LogP contribution >= 0.6 is 0 Å². The molecule has 7 nitrogen and oxygen atoms in total. The third-order valence-corrected chi connectivity index (χ3v) is 10.5. The van der Waals surface area contributed by atoms with E-state index in [4.69, 9.17) is 14.2 Å². The topological polar surface area (TPSA) is 85.9 Å². The molecule has 2 heterocycles. The zero-order valence-corrected chi connectivity index (χ0v) is 28.6. The summed E-state index contributed by atoms with van der Waals surface area (Å²) in [5.41, 5.74) is 9.79. The Morgan fingerprint density at radius 1 is 0.712 bits per heavy atom. The van der Waals surface area contributed by atoms with Gasteiger partial charge in [-0.2, -0.15) is 0 Å². The van der Waals surface area contributed by atoms with Gasteiger partial charge in [-0.1, -0.05) is 110 Å². The maximum absolute atomic E-state index is 13.3. The molecule has 2 unspecified atom stereocenters. The lowest BCUT2D eigenvalue weighted by Gasteiger charge is -2.37. The quantitative estimate of drug-likeness (QED) is 0.175. The molecule has 9 rings (SSSR count). The van der Waals surface area contributed by atoms with E-state index in [1.54, 1.807) is 6.07 Å². The molecule has 0 saturated heterocycles. The first kappa shape index (κ1) is 31.8. The smallest absolute Gasteiger partial charge is 0.411 e. The summed E-state index contributed by atoms with van der Waals surface area (Å²) in [6, 6.07) is 46.0. The summed E-state index contributed by atoms with van der Waals surface area (Å²) in [5, 5.41) is 6.00. The van der Waals surface area contributed by atoms with E-state index in [0.29, 0.717) is 35.9 Å². The van der Waals surface area contributed by atoms with Crippen LogP contribution in [-0.2, 0) is 32.9 Å². The number of anilines is 2. The standard InChI is InChI=1S/C45H36N2O5/c1-28(23-29-11-3-2-4-12-29)43(48)46-31-19-21-39-41(24-31)52-42-25-32(20-22-40(42)45(39)38-18-10-5-13-30(38)26-51-45)47-44(49)50-27-37-35-16-8-6-14-33(35)34-15-7-9-17-36(34)37/h2-22,24-25,28,37H,23,26-27H2,1H3,(H,46,48)(H,47,49). The van der Waals surface area contributed by atoms with Crippen molar-refractivity contribution >= 4 is 23.4 Å². The van der Waals surface area contributed by atoms with Gasteiger partial charge in [-0.25, -0.2) is 4.79 Å². The average molecular weight is 685 g/mol. The maximum Gasteiger partial charge on any atom is 0.411 e. The zero-order valence-electron chi connectivity index (χ0n) is 28.6. The highest BCUT2D eigenvalue weighted by molar-refractivity contribution is 5.93. The van der Waals surface area contributed by atoms with E-state index < -0.39 is 11.7 Å². The van der Waals surface area contributed by atoms with Crippen LogP contribution in [-0.4, -0.2) is 18.6 Å². The third-order valence-electron chi connectivity index (χ3n) is 10.5. The van der Waals surface area contributed by atoms with Gasteiger partial charge in [-0.15, -0.1) is 0 Å². The highest BCUT2D eigenvalue weighted by Crippen LogP contribution is 2.57. The molecule has 0 aromatic heterocycles. The second-order valence-electron chi connectivity index (χ2n) is 13.7. The highest BCUT2D eigenvalue weighted by Gasteiger charge is 2.49. The Morgan fingerprint density at radius 3 is 2.00 bits per heavy atom. The Bertz CT molecular complexity index is 2310. The van der Waals surface area contributed by atoms with Crippen LogP contribution in [0, 0.1) is 5.92 Å². The lowest BCUT2D eigenvalue weighted by Crippen LogP contribution is -2.32. The van der Waals surface area contributed by atoms with Crippen molar-refractivity contribution in [1.82, 2.24) is 0 Å². The number of benzene rings is 6. The maximum atomic E-state index is 13.3. The molecule has 256 valence electrons. The minimum Gasteiger partial charge on any atom is -0.456 e. The summed E-state index contributed by atoms with van der Waals surface area (Å²) >= 11 is 0. The van der Waals surface area contributed by atoms with Crippen molar-refractivity contribution in [3.63, 3.8) is 0 Å². The van der Waals surface area contributed by atoms with Gasteiger partial charge in [0.05, 0.1) is 6.61 Å². The molecule has 6 aromatic carbocycles. The molecular weight excluding hydrogens is 649 g/mol. The Morgan fingerprint density at radius 2 is 1.31 bits per heavy atom. The van der Waals surface area contributed by atoms with Gasteiger partial charge >= 0.3 is 6.09 Å². The molecule has 3 aliphatic rings. The predicted octanol–water partition coefficient (Wildman–Crippen LogP) is 9.79. The first-order chi connectivity index (χ1) is 25.5. The number of amides is 2. The molecule has 7 heteroatoms. The van der Waals surface area contributed by atoms with Crippen molar-refractivity contribution in [2.24, 2.45) is 5.92 Å². The molecule has 52 heavy (non-hydrogen) atoms. The molecule has 2 amide bonds. The van der Waals surface area contributed by atoms with Gasteiger partial charge in [-0.05, 0) is 69.6 Å². The second-order valence-corrected chi connectivity index (χ2v) is 13.7. The number of rotatable bonds is 7. The van der Waals surface area contributed by atoms with E-state index in [-0.39, 0.29) is 24.3 Å². The normalized spacial score (nSPS) is 16.8. The van der Waals surface area contributed by atoms with E-state index in [2.05, 4.69) is 47.0 Å². The predicted molar refractivity (Wildman–Crippen MR) is 201 cm³/mol. The van der Waals surface area contributed by atoms with Gasteiger partial charge < -0.3 is 19.5 Å². The molecular formula is C45H36N2O5. The fraction of sp³-hybridized carbons (Fsp3) is 0.156. The van der Waals surface area contributed by atoms with Crippen LogP contribution in [0.5, 0.6) is 11.5 Å². The molecule has 0 bridgehead atoms. The van der Waals surface area contributed by atoms with Gasteiger partial charge in [-0.3, -0.25) is 10.1 Å². The first-order valence-corrected chi connectivity index (χ1v) is 17.6. The number of carbonyl (C=O) groups is 2. The molecule has 2 N–H and O–H groups in total. The van der Waals surface area contributed by atoms with E-state index in [9.17, 15) is 9.59 Å². The largest absolute Gasteiger partial charge is 0.456 e. The Labute approximate surface area is 302 Å². The lowest BCUT2D eigenvalue weighted by molar-refractivity contribution is -0.119. The number of hydrogen-bond acceptors (Lipinski definition) is 5. The summed E-state index contributed by atoms with van der Waals surface area (Å²) in [7, 11) is 0. The number of carbonyl (C=O) groups excluding carboxylic acids is 2. The highest BCUT2D eigenvalue weighted by atomic mass is 16.5. The minimum atomic E-state index is -0.926. The number of fused-ring (bicyclic) bond motifs is 9. The number of ether oxygens (including phenoxy) is 3. The van der Waals surface area contributed by atoms with Gasteiger partial charge in [0.2, 0.25) is 5.91 Å². The molecule has 0 radical (unpaired) electrons. The molecule has 0 fully saturated rings. The average Bonchev–Trinajstić information content (AvgIpc) is 3.71. The van der Waals surface area contributed by atoms with Crippen molar-refractivity contribution in [2.75, 3.05) is 17.2 Å². The zero-order chi connectivity index (χ0) is 35.2. The fourth-order valence-electron chi connectivity index (χ4n) is 7.99. The Hall–Kier alpha value is -6.18. The van der Waals surface area contributed by atoms with Gasteiger partial charge in [0, 0.05) is 46.5 Å². The van der Waals surface area contributed by atoms with Crippen LogP contribution in [0.2, 0.25) is 0 Å². The van der Waals surface area contributed by atoms with Crippen molar-refractivity contribution in [1.29, 1.82) is 0 Å². The van der Waals surface area contributed by atoms with Crippen LogP contribution in [0.25, 0.3) is 11.1 Å². The Kier molecular flexibility index (Phi) is 7.86. The van der Waals surface area contributed by atoms with Crippen molar-refractivity contribution in [2.45, 2.75) is 31.5 Å². The van der Waals surface area contributed by atoms with Crippen LogP contribution in [0.15, 0.2) is 140 Å². The van der Waals surface area contributed by atoms with Crippen molar-refractivity contribution < 1.29 is 23.8 Å².